The number of pyridine rings is 1. The molecule has 5 rings (SSSR count). The normalized spacial score (nSPS) is 14.3. The first-order valence-electron chi connectivity index (χ1n) is 12.6. The van der Waals surface area contributed by atoms with Crippen molar-refractivity contribution in [3.63, 3.8) is 0 Å². The van der Waals surface area contributed by atoms with Gasteiger partial charge in [-0.3, -0.25) is 19.5 Å². The Labute approximate surface area is 219 Å². The molecule has 0 saturated heterocycles. The summed E-state index contributed by atoms with van der Waals surface area (Å²) in [5.41, 5.74) is 2.67. The lowest BCUT2D eigenvalue weighted by atomic mass is 10.0. The predicted molar refractivity (Wildman–Crippen MR) is 139 cm³/mol. The number of carbonyl (C=O) groups is 2. The van der Waals surface area contributed by atoms with Gasteiger partial charge in [-0.2, -0.15) is 4.80 Å². The Bertz CT molecular complexity index is 1400. The van der Waals surface area contributed by atoms with Crippen LogP contribution in [-0.4, -0.2) is 43.0 Å². The number of nitrogens with one attached hydrogen (secondary N) is 1. The van der Waals surface area contributed by atoms with Crippen LogP contribution in [0.4, 0.5) is 10.1 Å². The number of amides is 2. The fraction of sp³-hybridized carbons (Fsp3) is 0.286. The molecule has 194 valence electrons. The topological polar surface area (TPSA) is 106 Å². The van der Waals surface area contributed by atoms with E-state index in [1.807, 2.05) is 31.2 Å². The number of aryl methyl sites for hydroxylation is 1. The maximum absolute atomic E-state index is 14.0. The summed E-state index contributed by atoms with van der Waals surface area (Å²) in [6.07, 6.45) is 7.20. The Hall–Kier alpha value is -4.47. The van der Waals surface area contributed by atoms with Gasteiger partial charge < -0.3 is 5.32 Å². The molecular formula is C28H28FN7O2. The standard InChI is InChI=1S/C28H28FN7O2/c1-19-6-2-5-9-24(19)36(25(37)18-35-33-27(32-34-35)21-10-12-22(29)13-11-21)26(20-14-16-30-17-15-20)28(38)31-23-7-3-4-8-23/h2,5-6,9-17,23,26H,3-4,7-8,18H2,1H3,(H,31,38)/t26-/m0/s1. The van der Waals surface area contributed by atoms with Gasteiger partial charge in [-0.15, -0.1) is 10.2 Å². The molecule has 1 aliphatic carbocycles. The van der Waals surface area contributed by atoms with Crippen LogP contribution in [0.25, 0.3) is 11.4 Å². The lowest BCUT2D eigenvalue weighted by molar-refractivity contribution is -0.127. The van der Waals surface area contributed by atoms with Crippen LogP contribution >= 0.6 is 0 Å². The molecule has 0 bridgehead atoms. The maximum Gasteiger partial charge on any atom is 0.251 e. The van der Waals surface area contributed by atoms with Crippen LogP contribution in [0.1, 0.15) is 42.9 Å². The second kappa shape index (κ2) is 11.3. The summed E-state index contributed by atoms with van der Waals surface area (Å²) in [4.78, 5) is 34.6. The molecule has 2 aromatic carbocycles. The molecule has 1 saturated carbocycles. The molecule has 1 aliphatic rings. The third-order valence-corrected chi connectivity index (χ3v) is 6.71. The molecule has 38 heavy (non-hydrogen) atoms. The number of carbonyl (C=O) groups excluding carboxylic acids is 2. The molecule has 10 heteroatoms. The Morgan fingerprint density at radius 1 is 1.05 bits per heavy atom. The molecule has 0 aliphatic heterocycles. The van der Waals surface area contributed by atoms with Crippen LogP contribution in [-0.2, 0) is 16.1 Å². The molecule has 1 N–H and O–H groups in total. The van der Waals surface area contributed by atoms with Crippen molar-refractivity contribution in [3.05, 3.63) is 90.0 Å². The van der Waals surface area contributed by atoms with Crippen molar-refractivity contribution in [1.82, 2.24) is 30.5 Å². The second-order valence-corrected chi connectivity index (χ2v) is 9.37. The summed E-state index contributed by atoms with van der Waals surface area (Å²) in [5.74, 6) is -0.739. The lowest BCUT2D eigenvalue weighted by Crippen LogP contribution is -2.47. The Morgan fingerprint density at radius 2 is 1.76 bits per heavy atom. The van der Waals surface area contributed by atoms with Gasteiger partial charge in [-0.25, -0.2) is 4.39 Å². The summed E-state index contributed by atoms with van der Waals surface area (Å²) in [6.45, 7) is 1.65. The van der Waals surface area contributed by atoms with E-state index in [-0.39, 0.29) is 36.0 Å². The van der Waals surface area contributed by atoms with Gasteiger partial charge in [-0.05, 0) is 78.6 Å². The van der Waals surface area contributed by atoms with Crippen LogP contribution in [0, 0.1) is 12.7 Å². The number of hydrogen-bond donors (Lipinski definition) is 1. The molecule has 2 aromatic heterocycles. The van der Waals surface area contributed by atoms with Gasteiger partial charge in [0.05, 0.1) is 0 Å². The van der Waals surface area contributed by atoms with E-state index in [4.69, 9.17) is 0 Å². The minimum absolute atomic E-state index is 0.0795. The highest BCUT2D eigenvalue weighted by atomic mass is 19.1. The highest BCUT2D eigenvalue weighted by Crippen LogP contribution is 2.31. The third-order valence-electron chi connectivity index (χ3n) is 6.71. The molecule has 9 nitrogen and oxygen atoms in total. The Morgan fingerprint density at radius 3 is 2.47 bits per heavy atom. The molecule has 1 atom stereocenters. The number of para-hydroxylation sites is 1. The number of aromatic nitrogens is 5. The molecule has 0 unspecified atom stereocenters. The third kappa shape index (κ3) is 5.59. The summed E-state index contributed by atoms with van der Waals surface area (Å²) in [7, 11) is 0. The van der Waals surface area contributed by atoms with Gasteiger partial charge in [0.2, 0.25) is 11.7 Å². The van der Waals surface area contributed by atoms with E-state index in [2.05, 4.69) is 25.7 Å². The van der Waals surface area contributed by atoms with Crippen LogP contribution in [0.3, 0.4) is 0 Å². The number of benzene rings is 2. The zero-order chi connectivity index (χ0) is 26.5. The summed E-state index contributed by atoms with van der Waals surface area (Å²) in [5, 5.41) is 15.5. The Kier molecular flexibility index (Phi) is 7.48. The van der Waals surface area contributed by atoms with E-state index >= 15 is 0 Å². The van der Waals surface area contributed by atoms with Gasteiger partial charge in [-0.1, -0.05) is 31.0 Å². The zero-order valence-electron chi connectivity index (χ0n) is 21.0. The molecular weight excluding hydrogens is 485 g/mol. The van der Waals surface area contributed by atoms with Crippen LogP contribution in [0.2, 0.25) is 0 Å². The monoisotopic (exact) mass is 513 g/mol. The molecule has 1 fully saturated rings. The number of tetrazole rings is 1. The smallest absolute Gasteiger partial charge is 0.251 e. The van der Waals surface area contributed by atoms with Crippen molar-refractivity contribution in [2.24, 2.45) is 0 Å². The maximum atomic E-state index is 14.0. The van der Waals surface area contributed by atoms with E-state index in [9.17, 15) is 14.0 Å². The molecule has 0 spiro atoms. The first-order chi connectivity index (χ1) is 18.5. The Balaban J connectivity index is 1.50. The second-order valence-electron chi connectivity index (χ2n) is 9.37. The minimum Gasteiger partial charge on any atom is -0.351 e. The largest absolute Gasteiger partial charge is 0.351 e. The average molecular weight is 514 g/mol. The average Bonchev–Trinajstić information content (AvgIpc) is 3.61. The first-order valence-corrected chi connectivity index (χ1v) is 12.6. The van der Waals surface area contributed by atoms with Crippen LogP contribution in [0.15, 0.2) is 73.1 Å². The quantitative estimate of drug-likeness (QED) is 0.382. The van der Waals surface area contributed by atoms with E-state index in [0.717, 1.165) is 31.2 Å². The van der Waals surface area contributed by atoms with Crippen molar-refractivity contribution in [1.29, 1.82) is 0 Å². The highest BCUT2D eigenvalue weighted by molar-refractivity contribution is 6.01. The van der Waals surface area contributed by atoms with Crippen LogP contribution in [0.5, 0.6) is 0 Å². The molecule has 2 heterocycles. The fourth-order valence-electron chi connectivity index (χ4n) is 4.79. The van der Waals surface area contributed by atoms with Gasteiger partial charge in [0.15, 0.2) is 0 Å². The lowest BCUT2D eigenvalue weighted by Gasteiger charge is -2.33. The molecule has 2 amide bonds. The number of rotatable bonds is 8. The SMILES string of the molecule is Cc1ccccc1N(C(=O)Cn1nnc(-c2ccc(F)cc2)n1)[C@H](C(=O)NC1CCCC1)c1ccncc1. The van der Waals surface area contributed by atoms with Crippen molar-refractivity contribution < 1.29 is 14.0 Å². The van der Waals surface area contributed by atoms with Crippen molar-refractivity contribution in [2.75, 3.05) is 4.90 Å². The number of hydrogen-bond acceptors (Lipinski definition) is 6. The minimum atomic E-state index is -0.924. The van der Waals surface area contributed by atoms with Gasteiger partial charge in [0.1, 0.15) is 18.4 Å². The van der Waals surface area contributed by atoms with Crippen molar-refractivity contribution >= 4 is 17.5 Å². The van der Waals surface area contributed by atoms with E-state index in [0.29, 0.717) is 16.8 Å². The molecule has 4 aromatic rings. The van der Waals surface area contributed by atoms with Crippen LogP contribution < -0.4 is 10.2 Å². The highest BCUT2D eigenvalue weighted by Gasteiger charge is 2.35. The van der Waals surface area contributed by atoms with E-state index < -0.39 is 6.04 Å². The fourth-order valence-corrected chi connectivity index (χ4v) is 4.79. The zero-order valence-corrected chi connectivity index (χ0v) is 21.0. The summed E-state index contributed by atoms with van der Waals surface area (Å²) in [6, 6.07) is 15.8. The summed E-state index contributed by atoms with van der Waals surface area (Å²) < 4.78 is 13.3. The number of nitrogens with zero attached hydrogens (tertiary/aromatic N) is 6. The predicted octanol–water partition coefficient (Wildman–Crippen LogP) is 4.02. The van der Waals surface area contributed by atoms with Gasteiger partial charge >= 0.3 is 0 Å². The first kappa shape index (κ1) is 25.2. The van der Waals surface area contributed by atoms with Crippen molar-refractivity contribution in [3.8, 4) is 11.4 Å². The summed E-state index contributed by atoms with van der Waals surface area (Å²) >= 11 is 0. The van der Waals surface area contributed by atoms with Crippen molar-refractivity contribution in [2.45, 2.75) is 51.2 Å². The van der Waals surface area contributed by atoms with Gasteiger partial charge in [0, 0.05) is 29.7 Å². The number of anilines is 1. The van der Waals surface area contributed by atoms with Gasteiger partial charge in [0.25, 0.3) is 5.91 Å². The number of halogens is 1. The van der Waals surface area contributed by atoms with E-state index in [1.165, 1.54) is 21.8 Å². The molecule has 0 radical (unpaired) electrons. The van der Waals surface area contributed by atoms with E-state index in [1.54, 1.807) is 36.7 Å².